The number of nitrogens with zero attached hydrogens (tertiary/aromatic N) is 3. The van der Waals surface area contributed by atoms with Crippen molar-refractivity contribution in [1.82, 2.24) is 4.90 Å². The van der Waals surface area contributed by atoms with Crippen molar-refractivity contribution in [2.75, 3.05) is 18.4 Å². The fourth-order valence-corrected chi connectivity index (χ4v) is 2.89. The fourth-order valence-electron chi connectivity index (χ4n) is 2.69. The second-order valence-electron chi connectivity index (χ2n) is 5.76. The lowest BCUT2D eigenvalue weighted by Crippen LogP contribution is -2.36. The zero-order valence-electron chi connectivity index (χ0n) is 14.4. The topological polar surface area (TPSA) is 92.0 Å². The van der Waals surface area contributed by atoms with Gasteiger partial charge in [0.1, 0.15) is 0 Å². The number of hydrogen-bond acceptors (Lipinski definition) is 1. The van der Waals surface area contributed by atoms with Crippen LogP contribution in [0.2, 0.25) is 0 Å². The van der Waals surface area contributed by atoms with Crippen LogP contribution in [0.15, 0.2) is 28.2 Å². The Balaban J connectivity index is 2.05. The van der Waals surface area contributed by atoms with Crippen molar-refractivity contribution < 1.29 is 0 Å². The highest BCUT2D eigenvalue weighted by atomic mass is 32.1. The average molecular weight is 347 g/mol. The molecule has 1 aliphatic rings. The van der Waals surface area contributed by atoms with Gasteiger partial charge in [-0.2, -0.15) is 9.98 Å². The van der Waals surface area contributed by atoms with E-state index >= 15 is 0 Å². The number of thiocarbonyl (C=S) groups is 1. The summed E-state index contributed by atoms with van der Waals surface area (Å²) in [5, 5.41) is 3.41. The second kappa shape index (κ2) is 8.63. The molecule has 1 fully saturated rings. The molecule has 1 aromatic rings. The number of benzene rings is 1. The second-order valence-corrected chi connectivity index (χ2v) is 6.15. The smallest absolute Gasteiger partial charge is 0.225 e. The number of aryl methyl sites for hydroxylation is 2. The number of anilines is 1. The summed E-state index contributed by atoms with van der Waals surface area (Å²) < 4.78 is 0. The number of nitrogens with one attached hydrogen (secondary N) is 1. The standard InChI is InChI=1S/C17H26N6S/c1-3-12-7-8-14(13(4-2)11-12)20-17(24)22-15(18)21-16(19)23-9-5-6-10-23/h7-8,11H,3-6,9-10H2,1-2H3,(H5,18,19,20,21,22,24). The maximum absolute atomic E-state index is 5.94. The third-order valence-corrected chi connectivity index (χ3v) is 4.27. The van der Waals surface area contributed by atoms with Crippen molar-refractivity contribution in [3.05, 3.63) is 29.3 Å². The third kappa shape index (κ3) is 4.92. The Morgan fingerprint density at radius 1 is 1.17 bits per heavy atom. The van der Waals surface area contributed by atoms with Crippen LogP contribution in [0, 0.1) is 0 Å². The molecule has 0 amide bonds. The van der Waals surface area contributed by atoms with Crippen LogP contribution in [0.4, 0.5) is 5.69 Å². The monoisotopic (exact) mass is 346 g/mol. The first kappa shape index (κ1) is 18.2. The van der Waals surface area contributed by atoms with Crippen LogP contribution in [0.1, 0.15) is 37.8 Å². The van der Waals surface area contributed by atoms with E-state index in [1.165, 1.54) is 11.1 Å². The molecule has 0 saturated carbocycles. The molecule has 1 aliphatic heterocycles. The molecule has 24 heavy (non-hydrogen) atoms. The van der Waals surface area contributed by atoms with E-state index < -0.39 is 0 Å². The minimum Gasteiger partial charge on any atom is -0.369 e. The number of aliphatic imine (C=N–C) groups is 2. The van der Waals surface area contributed by atoms with E-state index in [1.807, 2.05) is 11.0 Å². The van der Waals surface area contributed by atoms with Gasteiger partial charge < -0.3 is 21.7 Å². The largest absolute Gasteiger partial charge is 0.369 e. The number of rotatable bonds is 3. The summed E-state index contributed by atoms with van der Waals surface area (Å²) in [7, 11) is 0. The van der Waals surface area contributed by atoms with Crippen molar-refractivity contribution in [3.63, 3.8) is 0 Å². The van der Waals surface area contributed by atoms with Gasteiger partial charge in [-0.1, -0.05) is 26.0 Å². The molecule has 5 N–H and O–H groups in total. The molecule has 130 valence electrons. The van der Waals surface area contributed by atoms with E-state index in [-0.39, 0.29) is 11.1 Å². The minimum absolute atomic E-state index is 0.0696. The first-order valence-corrected chi connectivity index (χ1v) is 8.80. The molecule has 0 atom stereocenters. The van der Waals surface area contributed by atoms with Crippen LogP contribution in [-0.2, 0) is 12.8 Å². The van der Waals surface area contributed by atoms with Crippen molar-refractivity contribution in [1.29, 1.82) is 0 Å². The quantitative estimate of drug-likeness (QED) is 0.443. The highest BCUT2D eigenvalue weighted by Crippen LogP contribution is 2.19. The van der Waals surface area contributed by atoms with Gasteiger partial charge in [0, 0.05) is 18.8 Å². The summed E-state index contributed by atoms with van der Waals surface area (Å²) in [6, 6.07) is 6.29. The Morgan fingerprint density at radius 3 is 2.50 bits per heavy atom. The molecule has 1 heterocycles. The van der Waals surface area contributed by atoms with Gasteiger partial charge in [0.25, 0.3) is 0 Å². The minimum atomic E-state index is 0.0696. The molecule has 7 heteroatoms. The number of nitrogens with two attached hydrogens (primary N) is 2. The van der Waals surface area contributed by atoms with Gasteiger partial charge in [-0.25, -0.2) is 0 Å². The lowest BCUT2D eigenvalue weighted by atomic mass is 10.0. The van der Waals surface area contributed by atoms with Crippen molar-refractivity contribution in [2.24, 2.45) is 21.5 Å². The number of hydrogen-bond donors (Lipinski definition) is 3. The Bertz CT molecular complexity index is 646. The Hall–Kier alpha value is -2.15. The van der Waals surface area contributed by atoms with Gasteiger partial charge in [-0.05, 0) is 55.1 Å². The number of likely N-dealkylation sites (tertiary alicyclic amines) is 1. The SMILES string of the molecule is CCc1ccc(NC(=S)/N=C(N)/N=C(\N)N2CCCC2)c(CC)c1. The fraction of sp³-hybridized carbons (Fsp3) is 0.471. The van der Waals surface area contributed by atoms with Crippen LogP contribution in [0.3, 0.4) is 0 Å². The van der Waals surface area contributed by atoms with Crippen LogP contribution >= 0.6 is 12.2 Å². The van der Waals surface area contributed by atoms with E-state index in [1.54, 1.807) is 0 Å². The van der Waals surface area contributed by atoms with E-state index in [0.29, 0.717) is 5.96 Å². The summed E-state index contributed by atoms with van der Waals surface area (Å²) in [5.74, 6) is 0.471. The van der Waals surface area contributed by atoms with Gasteiger partial charge in [-0.3, -0.25) is 0 Å². The molecule has 0 bridgehead atoms. The molecule has 0 spiro atoms. The Kier molecular flexibility index (Phi) is 6.54. The molecule has 0 aliphatic carbocycles. The maximum Gasteiger partial charge on any atom is 0.225 e. The van der Waals surface area contributed by atoms with E-state index in [4.69, 9.17) is 23.7 Å². The van der Waals surface area contributed by atoms with Crippen LogP contribution in [0.5, 0.6) is 0 Å². The molecular weight excluding hydrogens is 320 g/mol. The first-order valence-electron chi connectivity index (χ1n) is 8.39. The van der Waals surface area contributed by atoms with Gasteiger partial charge in [-0.15, -0.1) is 0 Å². The maximum atomic E-state index is 5.94. The normalized spacial score (nSPS) is 15.7. The highest BCUT2D eigenvalue weighted by Gasteiger charge is 2.13. The van der Waals surface area contributed by atoms with Gasteiger partial charge in [0.15, 0.2) is 5.96 Å². The van der Waals surface area contributed by atoms with Crippen LogP contribution in [-0.4, -0.2) is 35.0 Å². The van der Waals surface area contributed by atoms with Crippen molar-refractivity contribution in [3.8, 4) is 0 Å². The van der Waals surface area contributed by atoms with Gasteiger partial charge in [0.2, 0.25) is 11.1 Å². The molecule has 0 unspecified atom stereocenters. The summed E-state index contributed by atoms with van der Waals surface area (Å²) in [5.41, 5.74) is 15.2. The summed E-state index contributed by atoms with van der Waals surface area (Å²) >= 11 is 5.27. The van der Waals surface area contributed by atoms with Crippen molar-refractivity contribution in [2.45, 2.75) is 39.5 Å². The Labute approximate surface area is 149 Å². The summed E-state index contributed by atoms with van der Waals surface area (Å²) in [6.45, 7) is 6.08. The highest BCUT2D eigenvalue weighted by molar-refractivity contribution is 7.80. The van der Waals surface area contributed by atoms with Gasteiger partial charge >= 0.3 is 0 Å². The van der Waals surface area contributed by atoms with E-state index in [9.17, 15) is 0 Å². The van der Waals surface area contributed by atoms with Gasteiger partial charge in [0.05, 0.1) is 0 Å². The summed E-state index contributed by atoms with van der Waals surface area (Å²) in [4.78, 5) is 10.3. The van der Waals surface area contributed by atoms with Crippen LogP contribution in [0.25, 0.3) is 0 Å². The summed E-state index contributed by atoms with van der Waals surface area (Å²) in [6.07, 6.45) is 4.17. The molecule has 2 rings (SSSR count). The van der Waals surface area contributed by atoms with Crippen molar-refractivity contribution >= 4 is 34.9 Å². The lowest BCUT2D eigenvalue weighted by molar-refractivity contribution is 0.514. The predicted octanol–water partition coefficient (Wildman–Crippen LogP) is 2.23. The Morgan fingerprint density at radius 2 is 1.88 bits per heavy atom. The molecule has 0 radical (unpaired) electrons. The third-order valence-electron chi connectivity index (χ3n) is 4.08. The lowest BCUT2D eigenvalue weighted by Gasteiger charge is -2.15. The first-order chi connectivity index (χ1) is 11.5. The molecular formula is C17H26N6S. The van der Waals surface area contributed by atoms with E-state index in [2.05, 4.69) is 41.3 Å². The van der Waals surface area contributed by atoms with Crippen LogP contribution < -0.4 is 16.8 Å². The average Bonchev–Trinajstić information content (AvgIpc) is 3.09. The zero-order chi connectivity index (χ0) is 17.5. The van der Waals surface area contributed by atoms with E-state index in [0.717, 1.165) is 44.5 Å². The predicted molar refractivity (Wildman–Crippen MR) is 105 cm³/mol. The number of guanidine groups is 2. The zero-order valence-corrected chi connectivity index (χ0v) is 15.2. The molecule has 6 nitrogen and oxygen atoms in total. The molecule has 0 aromatic heterocycles. The molecule has 1 saturated heterocycles. The molecule has 1 aromatic carbocycles.